The van der Waals surface area contributed by atoms with Crippen molar-refractivity contribution >= 4 is 29.9 Å². The first kappa shape index (κ1) is 23.8. The van der Waals surface area contributed by atoms with Crippen molar-refractivity contribution < 1.29 is 24.0 Å². The van der Waals surface area contributed by atoms with Crippen LogP contribution in [0.5, 0.6) is 0 Å². The normalized spacial score (nSPS) is 30.7. The average Bonchev–Trinajstić information content (AvgIpc) is 3.19. The maximum atomic E-state index is 13.2. The maximum Gasteiger partial charge on any atom is 0.246 e. The van der Waals surface area contributed by atoms with Gasteiger partial charge in [-0.3, -0.25) is 19.2 Å². The summed E-state index contributed by atoms with van der Waals surface area (Å²) in [4.78, 5) is 64.5. The van der Waals surface area contributed by atoms with Crippen molar-refractivity contribution in [3.05, 3.63) is 0 Å². The number of fused-ring (bicyclic) bond motifs is 1. The molecule has 2 saturated heterocycles. The average molecular weight is 423 g/mol. The SMILES string of the molecule is CC[C@]1(C)NC(=O)[C@H](CCCC=O)NC(=O)[C@H]2CCCN2C(=O)[C@H](C(C)C)NC1=O. The predicted molar refractivity (Wildman–Crippen MR) is 110 cm³/mol. The molecule has 0 saturated carbocycles. The number of amides is 4. The highest BCUT2D eigenvalue weighted by Crippen LogP contribution is 2.22. The Morgan fingerprint density at radius 2 is 1.87 bits per heavy atom. The van der Waals surface area contributed by atoms with Crippen molar-refractivity contribution in [3.8, 4) is 0 Å². The van der Waals surface area contributed by atoms with Crippen molar-refractivity contribution in [3.63, 3.8) is 0 Å². The first-order valence-electron chi connectivity index (χ1n) is 10.8. The van der Waals surface area contributed by atoms with E-state index < -0.39 is 35.5 Å². The van der Waals surface area contributed by atoms with Crippen LogP contribution >= 0.6 is 0 Å². The van der Waals surface area contributed by atoms with Gasteiger partial charge < -0.3 is 25.6 Å². The minimum atomic E-state index is -1.23. The predicted octanol–water partition coefficient (Wildman–Crippen LogP) is 0.271. The third-order valence-corrected chi connectivity index (χ3v) is 6.11. The monoisotopic (exact) mass is 422 g/mol. The van der Waals surface area contributed by atoms with Crippen LogP contribution < -0.4 is 16.0 Å². The topological polar surface area (TPSA) is 125 Å². The van der Waals surface area contributed by atoms with Crippen molar-refractivity contribution in [2.45, 2.75) is 89.9 Å². The van der Waals surface area contributed by atoms with Gasteiger partial charge in [-0.2, -0.15) is 0 Å². The van der Waals surface area contributed by atoms with Gasteiger partial charge in [0.2, 0.25) is 23.6 Å². The molecule has 2 fully saturated rings. The smallest absolute Gasteiger partial charge is 0.246 e. The van der Waals surface area contributed by atoms with Crippen LogP contribution in [0.3, 0.4) is 0 Å². The fourth-order valence-electron chi connectivity index (χ4n) is 3.90. The van der Waals surface area contributed by atoms with Crippen molar-refractivity contribution in [2.75, 3.05) is 6.54 Å². The standard InChI is InChI=1S/C21H34N4O5/c1-5-21(4)20(30)23-16(13(2)3)19(29)25-11-8-10-15(25)18(28)22-14(17(27)24-21)9-6-7-12-26/h12-16H,5-11H2,1-4H3,(H,22,28)(H,23,30)(H,24,27)/t14-,15+,16-,21-/m0/s1. The number of aldehydes is 1. The molecule has 2 aliphatic rings. The van der Waals surface area contributed by atoms with Crippen molar-refractivity contribution in [1.82, 2.24) is 20.9 Å². The molecule has 0 bridgehead atoms. The van der Waals surface area contributed by atoms with Crippen molar-refractivity contribution in [2.24, 2.45) is 5.92 Å². The lowest BCUT2D eigenvalue weighted by molar-refractivity contribution is -0.145. The van der Waals surface area contributed by atoms with Crippen molar-refractivity contribution in [1.29, 1.82) is 0 Å². The highest BCUT2D eigenvalue weighted by molar-refractivity contribution is 5.99. The van der Waals surface area contributed by atoms with Gasteiger partial charge in [-0.15, -0.1) is 0 Å². The molecule has 0 spiro atoms. The van der Waals surface area contributed by atoms with E-state index >= 15 is 0 Å². The number of carbonyl (C=O) groups is 5. The van der Waals surface area contributed by atoms with Crippen LogP contribution in [0.1, 0.15) is 66.2 Å². The van der Waals surface area contributed by atoms with Gasteiger partial charge in [0.05, 0.1) is 0 Å². The van der Waals surface area contributed by atoms with Crippen LogP contribution in [0.2, 0.25) is 0 Å². The van der Waals surface area contributed by atoms with Gasteiger partial charge in [0.15, 0.2) is 0 Å². The van der Waals surface area contributed by atoms with E-state index in [-0.39, 0.29) is 30.6 Å². The lowest BCUT2D eigenvalue weighted by atomic mass is 9.93. The minimum absolute atomic E-state index is 0.179. The second kappa shape index (κ2) is 10.0. The van der Waals surface area contributed by atoms with E-state index in [1.54, 1.807) is 13.8 Å². The molecular formula is C21H34N4O5. The summed E-state index contributed by atoms with van der Waals surface area (Å²) in [6.07, 6.45) is 3.23. The summed E-state index contributed by atoms with van der Waals surface area (Å²) in [5.74, 6) is -1.73. The molecule has 3 N–H and O–H groups in total. The molecule has 2 aliphatic heterocycles. The van der Waals surface area contributed by atoms with E-state index in [4.69, 9.17) is 0 Å². The first-order valence-corrected chi connectivity index (χ1v) is 10.8. The molecule has 9 nitrogen and oxygen atoms in total. The molecule has 2 rings (SSSR count). The Hall–Kier alpha value is -2.45. The number of nitrogens with zero attached hydrogens (tertiary/aromatic N) is 1. The number of hydrogen-bond acceptors (Lipinski definition) is 5. The third-order valence-electron chi connectivity index (χ3n) is 6.11. The van der Waals surface area contributed by atoms with E-state index in [1.165, 1.54) is 4.90 Å². The Morgan fingerprint density at radius 3 is 2.47 bits per heavy atom. The fourth-order valence-corrected chi connectivity index (χ4v) is 3.90. The van der Waals surface area contributed by atoms with Crippen LogP contribution in [-0.4, -0.2) is 65.0 Å². The number of hydrogen-bond donors (Lipinski definition) is 3. The van der Waals surface area contributed by atoms with Crippen LogP contribution in [0.4, 0.5) is 0 Å². The second-order valence-electron chi connectivity index (χ2n) is 8.72. The lowest BCUT2D eigenvalue weighted by Crippen LogP contribution is -2.65. The first-order chi connectivity index (χ1) is 14.1. The van der Waals surface area contributed by atoms with Crippen LogP contribution in [0.25, 0.3) is 0 Å². The molecule has 0 aromatic rings. The molecule has 0 radical (unpaired) electrons. The van der Waals surface area contributed by atoms with E-state index in [2.05, 4.69) is 16.0 Å². The van der Waals surface area contributed by atoms with E-state index in [9.17, 15) is 24.0 Å². The molecule has 4 amide bonds. The molecule has 0 aromatic carbocycles. The van der Waals surface area contributed by atoms with E-state index in [1.807, 2.05) is 13.8 Å². The summed E-state index contributed by atoms with van der Waals surface area (Å²) in [7, 11) is 0. The second-order valence-corrected chi connectivity index (χ2v) is 8.72. The zero-order chi connectivity index (χ0) is 22.5. The summed E-state index contributed by atoms with van der Waals surface area (Å²) in [6.45, 7) is 7.49. The Bertz CT molecular complexity index is 695. The number of nitrogens with one attached hydrogen (secondary N) is 3. The molecule has 168 valence electrons. The minimum Gasteiger partial charge on any atom is -0.343 e. The number of rotatable bonds is 6. The quantitative estimate of drug-likeness (QED) is 0.419. The molecule has 0 unspecified atom stereocenters. The summed E-state index contributed by atoms with van der Waals surface area (Å²) < 4.78 is 0. The molecule has 30 heavy (non-hydrogen) atoms. The van der Waals surface area contributed by atoms with Gasteiger partial charge >= 0.3 is 0 Å². The summed E-state index contributed by atoms with van der Waals surface area (Å²) in [5, 5.41) is 8.34. The molecule has 2 heterocycles. The Balaban J connectivity index is 2.41. The fraction of sp³-hybridized carbons (Fsp3) is 0.762. The Labute approximate surface area is 177 Å². The third kappa shape index (κ3) is 5.17. The summed E-state index contributed by atoms with van der Waals surface area (Å²) in [6, 6.07) is -2.33. The van der Waals surface area contributed by atoms with Gasteiger partial charge in [0, 0.05) is 13.0 Å². The summed E-state index contributed by atoms with van der Waals surface area (Å²) >= 11 is 0. The lowest BCUT2D eigenvalue weighted by Gasteiger charge is -2.36. The number of carbonyl (C=O) groups excluding carboxylic acids is 5. The molecular weight excluding hydrogens is 388 g/mol. The zero-order valence-electron chi connectivity index (χ0n) is 18.3. The number of unbranched alkanes of at least 4 members (excludes halogenated alkanes) is 1. The van der Waals surface area contributed by atoms with Gasteiger partial charge in [0.25, 0.3) is 0 Å². The highest BCUT2D eigenvalue weighted by atomic mass is 16.2. The molecule has 0 aliphatic carbocycles. The molecule has 4 atom stereocenters. The Morgan fingerprint density at radius 1 is 1.17 bits per heavy atom. The Kier molecular flexibility index (Phi) is 7.97. The largest absolute Gasteiger partial charge is 0.343 e. The van der Waals surface area contributed by atoms with Gasteiger partial charge in [-0.1, -0.05) is 20.8 Å². The van der Waals surface area contributed by atoms with Crippen LogP contribution in [0.15, 0.2) is 0 Å². The van der Waals surface area contributed by atoms with E-state index in [0.717, 1.165) is 6.29 Å². The maximum absolute atomic E-state index is 13.2. The van der Waals surface area contributed by atoms with Gasteiger partial charge in [-0.05, 0) is 44.9 Å². The van der Waals surface area contributed by atoms with Crippen LogP contribution in [0, 0.1) is 5.92 Å². The van der Waals surface area contributed by atoms with Crippen LogP contribution in [-0.2, 0) is 24.0 Å². The molecule has 0 aromatic heterocycles. The zero-order valence-corrected chi connectivity index (χ0v) is 18.3. The van der Waals surface area contributed by atoms with E-state index in [0.29, 0.717) is 32.2 Å². The summed E-state index contributed by atoms with van der Waals surface area (Å²) in [5.41, 5.74) is -1.23. The molecule has 9 heteroatoms. The van der Waals surface area contributed by atoms with Gasteiger partial charge in [-0.25, -0.2) is 0 Å². The van der Waals surface area contributed by atoms with Gasteiger partial charge in [0.1, 0.15) is 30.0 Å². The highest BCUT2D eigenvalue weighted by Gasteiger charge is 2.43.